The molecule has 1 aromatic heterocycles. The fourth-order valence-corrected chi connectivity index (χ4v) is 2.94. The van der Waals surface area contributed by atoms with Crippen molar-refractivity contribution in [3.8, 4) is 11.8 Å². The Morgan fingerprint density at radius 1 is 1.25 bits per heavy atom. The maximum Gasteiger partial charge on any atom is 0.290 e. The van der Waals surface area contributed by atoms with E-state index in [0.717, 1.165) is 6.54 Å². The minimum Gasteiger partial charge on any atom is -0.483 e. The Morgan fingerprint density at radius 3 is 2.25 bits per heavy atom. The second kappa shape index (κ2) is 8.68. The van der Waals surface area contributed by atoms with Crippen LogP contribution in [0, 0.1) is 5.41 Å². The number of carbonyl (C=O) groups is 1. The normalized spacial score (nSPS) is 18.2. The van der Waals surface area contributed by atoms with Crippen molar-refractivity contribution < 1.29 is 19.4 Å². The Morgan fingerprint density at radius 2 is 1.79 bits per heavy atom. The van der Waals surface area contributed by atoms with E-state index in [2.05, 4.69) is 20.2 Å². The number of methoxy groups -OCH3 is 2. The fourth-order valence-electron chi connectivity index (χ4n) is 2.94. The zero-order chi connectivity index (χ0) is 17.4. The molecule has 1 aromatic rings. The minimum absolute atomic E-state index is 0.250. The predicted octanol–water partition coefficient (Wildman–Crippen LogP) is 1.48. The first kappa shape index (κ1) is 18.3. The van der Waals surface area contributed by atoms with E-state index < -0.39 is 0 Å². The van der Waals surface area contributed by atoms with Crippen molar-refractivity contribution in [3.05, 3.63) is 6.07 Å². The molecule has 1 aliphatic heterocycles. The smallest absolute Gasteiger partial charge is 0.290 e. The SMILES string of the molecule is COc1cc(OC)nc(NCC2(CN3CCCC3)CC2)n1.O=CO. The largest absolute Gasteiger partial charge is 0.483 e. The summed E-state index contributed by atoms with van der Waals surface area (Å²) < 4.78 is 10.3. The molecule has 8 nitrogen and oxygen atoms in total. The molecular weight excluding hydrogens is 312 g/mol. The first-order valence-corrected chi connectivity index (χ1v) is 8.16. The van der Waals surface area contributed by atoms with Crippen LogP contribution in [0.3, 0.4) is 0 Å². The van der Waals surface area contributed by atoms with E-state index in [0.29, 0.717) is 23.1 Å². The van der Waals surface area contributed by atoms with Gasteiger partial charge >= 0.3 is 0 Å². The van der Waals surface area contributed by atoms with E-state index in [9.17, 15) is 0 Å². The number of nitrogens with zero attached hydrogens (tertiary/aromatic N) is 3. The second-order valence-corrected chi connectivity index (χ2v) is 6.22. The lowest BCUT2D eigenvalue weighted by molar-refractivity contribution is -0.122. The highest BCUT2D eigenvalue weighted by Crippen LogP contribution is 2.46. The lowest BCUT2D eigenvalue weighted by Crippen LogP contribution is -2.32. The summed E-state index contributed by atoms with van der Waals surface area (Å²) in [5.41, 5.74) is 0.407. The van der Waals surface area contributed by atoms with Gasteiger partial charge in [0.05, 0.1) is 20.3 Å². The molecule has 0 unspecified atom stereocenters. The number of rotatable bonds is 7. The summed E-state index contributed by atoms with van der Waals surface area (Å²) in [5.74, 6) is 1.63. The van der Waals surface area contributed by atoms with E-state index in [1.807, 2.05) is 0 Å². The number of aromatic nitrogens is 2. The van der Waals surface area contributed by atoms with E-state index in [1.54, 1.807) is 20.3 Å². The van der Waals surface area contributed by atoms with Crippen LogP contribution in [0.25, 0.3) is 0 Å². The molecule has 1 saturated heterocycles. The van der Waals surface area contributed by atoms with E-state index >= 15 is 0 Å². The van der Waals surface area contributed by atoms with Crippen LogP contribution in [0.1, 0.15) is 25.7 Å². The molecule has 0 spiro atoms. The Hall–Kier alpha value is -2.09. The van der Waals surface area contributed by atoms with Gasteiger partial charge in [-0.25, -0.2) is 0 Å². The average molecular weight is 338 g/mol. The van der Waals surface area contributed by atoms with Crippen molar-refractivity contribution in [1.82, 2.24) is 14.9 Å². The van der Waals surface area contributed by atoms with Crippen LogP contribution in [0.2, 0.25) is 0 Å². The average Bonchev–Trinajstić information content (AvgIpc) is 3.17. The lowest BCUT2D eigenvalue weighted by atomic mass is 10.1. The molecule has 1 saturated carbocycles. The molecule has 24 heavy (non-hydrogen) atoms. The van der Waals surface area contributed by atoms with Gasteiger partial charge in [-0.05, 0) is 38.8 Å². The standard InChI is InChI=1S/C15H24N4O2.CH2O2/c1-20-12-9-13(21-2)18-14(17-12)16-10-15(5-6-15)11-19-7-3-4-8-19;2-1-3/h9H,3-8,10-11H2,1-2H3,(H,16,17,18);1H,(H,2,3). The molecule has 3 rings (SSSR count). The van der Waals surface area contributed by atoms with Crippen LogP contribution in [0.5, 0.6) is 11.8 Å². The van der Waals surface area contributed by atoms with Crippen LogP contribution < -0.4 is 14.8 Å². The zero-order valence-electron chi connectivity index (χ0n) is 14.3. The molecule has 134 valence electrons. The molecule has 0 radical (unpaired) electrons. The quantitative estimate of drug-likeness (QED) is 0.722. The number of ether oxygens (including phenoxy) is 2. The van der Waals surface area contributed by atoms with Gasteiger partial charge in [0, 0.05) is 18.5 Å². The van der Waals surface area contributed by atoms with Gasteiger partial charge in [-0.15, -0.1) is 0 Å². The molecule has 2 heterocycles. The van der Waals surface area contributed by atoms with E-state index in [4.69, 9.17) is 19.4 Å². The minimum atomic E-state index is -0.250. The fraction of sp³-hybridized carbons (Fsp3) is 0.688. The summed E-state index contributed by atoms with van der Waals surface area (Å²) in [7, 11) is 3.20. The Kier molecular flexibility index (Phi) is 6.60. The number of nitrogens with one attached hydrogen (secondary N) is 1. The van der Waals surface area contributed by atoms with Crippen LogP contribution in [-0.2, 0) is 4.79 Å². The number of hydrogen-bond donors (Lipinski definition) is 2. The van der Waals surface area contributed by atoms with Crippen molar-refractivity contribution in [2.75, 3.05) is 45.7 Å². The van der Waals surface area contributed by atoms with Crippen molar-refractivity contribution in [2.45, 2.75) is 25.7 Å². The van der Waals surface area contributed by atoms with Gasteiger partial charge in [0.2, 0.25) is 17.7 Å². The van der Waals surface area contributed by atoms with Crippen molar-refractivity contribution in [3.63, 3.8) is 0 Å². The summed E-state index contributed by atoms with van der Waals surface area (Å²) in [6, 6.07) is 1.68. The summed E-state index contributed by atoms with van der Waals surface area (Å²) in [6.07, 6.45) is 5.27. The van der Waals surface area contributed by atoms with E-state index in [-0.39, 0.29) is 6.47 Å². The maximum atomic E-state index is 8.36. The van der Waals surface area contributed by atoms with Gasteiger partial charge in [-0.3, -0.25) is 4.79 Å². The van der Waals surface area contributed by atoms with Gasteiger partial charge in [-0.1, -0.05) is 0 Å². The van der Waals surface area contributed by atoms with Crippen LogP contribution >= 0.6 is 0 Å². The summed E-state index contributed by atoms with van der Waals surface area (Å²) in [4.78, 5) is 19.6. The van der Waals surface area contributed by atoms with Crippen LogP contribution in [0.4, 0.5) is 5.95 Å². The molecule has 0 bridgehead atoms. The lowest BCUT2D eigenvalue weighted by Gasteiger charge is -2.23. The first-order valence-electron chi connectivity index (χ1n) is 8.16. The molecule has 0 aromatic carbocycles. The molecule has 1 aliphatic carbocycles. The third-order valence-electron chi connectivity index (χ3n) is 4.43. The van der Waals surface area contributed by atoms with E-state index in [1.165, 1.54) is 45.3 Å². The molecule has 2 fully saturated rings. The Labute approximate surface area is 142 Å². The van der Waals surface area contributed by atoms with Crippen molar-refractivity contribution in [1.29, 1.82) is 0 Å². The number of likely N-dealkylation sites (tertiary alicyclic amines) is 1. The highest BCUT2D eigenvalue weighted by molar-refractivity contribution is 5.34. The molecule has 0 amide bonds. The maximum absolute atomic E-state index is 8.36. The summed E-state index contributed by atoms with van der Waals surface area (Å²) in [6.45, 7) is 4.37. The first-order chi connectivity index (χ1) is 11.6. The second-order valence-electron chi connectivity index (χ2n) is 6.22. The molecule has 8 heteroatoms. The van der Waals surface area contributed by atoms with Crippen molar-refractivity contribution >= 4 is 12.4 Å². The topological polar surface area (TPSA) is 96.8 Å². The Bertz CT molecular complexity index is 509. The van der Waals surface area contributed by atoms with Gasteiger partial charge in [-0.2, -0.15) is 9.97 Å². The summed E-state index contributed by atoms with van der Waals surface area (Å²) >= 11 is 0. The third kappa shape index (κ3) is 5.23. The molecule has 0 atom stereocenters. The van der Waals surface area contributed by atoms with Gasteiger partial charge in [0.1, 0.15) is 0 Å². The number of carboxylic acid groups (broad SMARTS) is 1. The molecule has 2 aliphatic rings. The predicted molar refractivity (Wildman–Crippen MR) is 89.7 cm³/mol. The van der Waals surface area contributed by atoms with Crippen LogP contribution in [-0.4, -0.2) is 66.8 Å². The van der Waals surface area contributed by atoms with Gasteiger partial charge in [0.15, 0.2) is 0 Å². The summed E-state index contributed by atoms with van der Waals surface area (Å²) in [5, 5.41) is 10.3. The number of hydrogen-bond acceptors (Lipinski definition) is 7. The number of anilines is 1. The molecule has 2 N–H and O–H groups in total. The highest BCUT2D eigenvalue weighted by atomic mass is 16.5. The third-order valence-corrected chi connectivity index (χ3v) is 4.43. The van der Waals surface area contributed by atoms with Crippen molar-refractivity contribution in [2.24, 2.45) is 5.41 Å². The Balaban J connectivity index is 0.000000647. The van der Waals surface area contributed by atoms with Gasteiger partial charge < -0.3 is 24.8 Å². The highest BCUT2D eigenvalue weighted by Gasteiger charge is 2.44. The van der Waals surface area contributed by atoms with Crippen LogP contribution in [0.15, 0.2) is 6.07 Å². The monoisotopic (exact) mass is 338 g/mol. The van der Waals surface area contributed by atoms with Gasteiger partial charge in [0.25, 0.3) is 6.47 Å². The molecular formula is C16H26N4O4. The zero-order valence-corrected chi connectivity index (χ0v) is 14.3.